The fourth-order valence-electron chi connectivity index (χ4n) is 2.76. The van der Waals surface area contributed by atoms with Crippen LogP contribution in [0.2, 0.25) is 5.02 Å². The highest BCUT2D eigenvalue weighted by atomic mass is 35.5. The quantitative estimate of drug-likeness (QED) is 0.796. The molecule has 0 unspecified atom stereocenters. The number of nitrogens with zero attached hydrogens (tertiary/aromatic N) is 2. The first-order valence-corrected chi connectivity index (χ1v) is 8.54. The molecule has 1 saturated heterocycles. The molecule has 2 rings (SSSR count). The van der Waals surface area contributed by atoms with Crippen molar-refractivity contribution in [1.82, 2.24) is 15.1 Å². The van der Waals surface area contributed by atoms with E-state index in [1.54, 1.807) is 12.1 Å². The molecule has 6 heteroatoms. The van der Waals surface area contributed by atoms with Gasteiger partial charge in [0, 0.05) is 37.7 Å². The number of nitrogens with one attached hydrogen (secondary N) is 1. The zero-order valence-electron chi connectivity index (χ0n) is 14.0. The molecule has 1 aliphatic heterocycles. The van der Waals surface area contributed by atoms with E-state index in [0.717, 1.165) is 5.56 Å². The Hall–Kier alpha value is -1.85. The van der Waals surface area contributed by atoms with Gasteiger partial charge in [-0.25, -0.2) is 0 Å². The average molecular weight is 350 g/mol. The Morgan fingerprint density at radius 1 is 1.29 bits per heavy atom. The number of rotatable bonds is 6. The Morgan fingerprint density at radius 3 is 2.58 bits per heavy atom. The van der Waals surface area contributed by atoms with Crippen molar-refractivity contribution in [3.63, 3.8) is 0 Å². The van der Waals surface area contributed by atoms with Gasteiger partial charge in [0.2, 0.25) is 11.8 Å². The molecule has 0 aromatic heterocycles. The number of carbonyl (C=O) groups excluding carboxylic acids is 2. The monoisotopic (exact) mass is 349 g/mol. The van der Waals surface area contributed by atoms with E-state index in [9.17, 15) is 9.59 Å². The molecule has 0 aliphatic carbocycles. The van der Waals surface area contributed by atoms with Crippen molar-refractivity contribution in [2.45, 2.75) is 19.4 Å². The van der Waals surface area contributed by atoms with Crippen molar-refractivity contribution in [1.29, 1.82) is 0 Å². The summed E-state index contributed by atoms with van der Waals surface area (Å²) in [6, 6.07) is 7.21. The minimum atomic E-state index is -0.203. The second-order valence-corrected chi connectivity index (χ2v) is 6.30. The summed E-state index contributed by atoms with van der Waals surface area (Å²) in [5.74, 6) is 0.0669. The Labute approximate surface area is 148 Å². The van der Waals surface area contributed by atoms with E-state index in [0.29, 0.717) is 44.2 Å². The van der Waals surface area contributed by atoms with Gasteiger partial charge in [-0.2, -0.15) is 0 Å². The van der Waals surface area contributed by atoms with Crippen LogP contribution >= 0.6 is 11.6 Å². The fraction of sp³-hybridized carbons (Fsp3) is 0.444. The van der Waals surface area contributed by atoms with E-state index in [4.69, 9.17) is 11.6 Å². The van der Waals surface area contributed by atoms with E-state index in [-0.39, 0.29) is 17.9 Å². The van der Waals surface area contributed by atoms with Crippen LogP contribution in [0.1, 0.15) is 12.5 Å². The van der Waals surface area contributed by atoms with Gasteiger partial charge in [-0.05, 0) is 18.6 Å². The molecule has 24 heavy (non-hydrogen) atoms. The predicted octanol–water partition coefficient (Wildman–Crippen LogP) is 1.72. The number of hydrogen-bond donors (Lipinski definition) is 1. The highest BCUT2D eigenvalue weighted by Crippen LogP contribution is 2.17. The van der Waals surface area contributed by atoms with Crippen molar-refractivity contribution < 1.29 is 9.59 Å². The zero-order valence-corrected chi connectivity index (χ0v) is 14.8. The number of amides is 2. The number of hydrogen-bond acceptors (Lipinski definition) is 3. The first kappa shape index (κ1) is 18.5. The van der Waals surface area contributed by atoms with Gasteiger partial charge in [-0.15, -0.1) is 6.58 Å². The predicted molar refractivity (Wildman–Crippen MR) is 96.0 cm³/mol. The largest absolute Gasteiger partial charge is 0.351 e. The van der Waals surface area contributed by atoms with Crippen LogP contribution < -0.4 is 5.32 Å². The second-order valence-electron chi connectivity index (χ2n) is 5.89. The lowest BCUT2D eigenvalue weighted by Gasteiger charge is -2.37. The van der Waals surface area contributed by atoms with Gasteiger partial charge in [-0.3, -0.25) is 14.5 Å². The van der Waals surface area contributed by atoms with Gasteiger partial charge in [0.1, 0.15) is 0 Å². The van der Waals surface area contributed by atoms with E-state index < -0.39 is 0 Å². The fourth-order valence-corrected chi connectivity index (χ4v) is 2.96. The molecule has 130 valence electrons. The van der Waals surface area contributed by atoms with Crippen molar-refractivity contribution >= 4 is 23.4 Å². The summed E-state index contributed by atoms with van der Waals surface area (Å²) in [6.07, 6.45) is 1.98. The molecule has 0 saturated carbocycles. The third kappa shape index (κ3) is 4.82. The molecule has 1 N–H and O–H groups in total. The lowest BCUT2D eigenvalue weighted by molar-refractivity contribution is -0.133. The molecule has 0 spiro atoms. The lowest BCUT2D eigenvalue weighted by Crippen LogP contribution is -2.55. The van der Waals surface area contributed by atoms with Gasteiger partial charge in [-0.1, -0.05) is 35.9 Å². The number of halogens is 1. The van der Waals surface area contributed by atoms with Crippen molar-refractivity contribution in [2.24, 2.45) is 0 Å². The second kappa shape index (κ2) is 8.85. The molecule has 5 nitrogen and oxygen atoms in total. The maximum Gasteiger partial charge on any atom is 0.237 e. The van der Waals surface area contributed by atoms with E-state index in [2.05, 4.69) is 16.8 Å². The summed E-state index contributed by atoms with van der Waals surface area (Å²) in [5.41, 5.74) is 0.851. The molecule has 1 aromatic carbocycles. The van der Waals surface area contributed by atoms with Gasteiger partial charge in [0.15, 0.2) is 0 Å². The first-order valence-electron chi connectivity index (χ1n) is 8.16. The van der Waals surface area contributed by atoms with Crippen LogP contribution in [-0.4, -0.2) is 60.4 Å². The van der Waals surface area contributed by atoms with Gasteiger partial charge in [0.25, 0.3) is 0 Å². The molecule has 2 amide bonds. The molecule has 1 aromatic rings. The van der Waals surface area contributed by atoms with Crippen molar-refractivity contribution in [2.75, 3.05) is 32.7 Å². The van der Waals surface area contributed by atoms with E-state index in [1.165, 1.54) is 0 Å². The van der Waals surface area contributed by atoms with Crippen LogP contribution in [0.4, 0.5) is 0 Å². The van der Waals surface area contributed by atoms with Crippen LogP contribution in [0, 0.1) is 0 Å². The van der Waals surface area contributed by atoms with Gasteiger partial charge < -0.3 is 10.2 Å². The number of carbonyl (C=O) groups is 2. The molecule has 1 atom stereocenters. The Balaban J connectivity index is 1.83. The highest BCUT2D eigenvalue weighted by molar-refractivity contribution is 6.31. The van der Waals surface area contributed by atoms with Gasteiger partial charge in [0.05, 0.1) is 12.5 Å². The maximum absolute atomic E-state index is 12.4. The van der Waals surface area contributed by atoms with E-state index in [1.807, 2.05) is 30.0 Å². The summed E-state index contributed by atoms with van der Waals surface area (Å²) >= 11 is 6.12. The Morgan fingerprint density at radius 2 is 1.96 bits per heavy atom. The average Bonchev–Trinajstić information content (AvgIpc) is 2.61. The molecule has 0 radical (unpaired) electrons. The normalized spacial score (nSPS) is 16.5. The summed E-state index contributed by atoms with van der Waals surface area (Å²) in [6.45, 7) is 8.59. The molecular formula is C18H24ClN3O2. The molecule has 1 aliphatic rings. The lowest BCUT2D eigenvalue weighted by atomic mass is 10.1. The third-order valence-corrected chi connectivity index (χ3v) is 4.68. The van der Waals surface area contributed by atoms with Crippen molar-refractivity contribution in [3.05, 3.63) is 47.5 Å². The zero-order chi connectivity index (χ0) is 17.5. The topological polar surface area (TPSA) is 52.7 Å². The Kier molecular flexibility index (Phi) is 6.82. The minimum absolute atomic E-state index is 0.00857. The third-order valence-electron chi connectivity index (χ3n) is 4.31. The summed E-state index contributed by atoms with van der Waals surface area (Å²) < 4.78 is 0. The van der Waals surface area contributed by atoms with Crippen LogP contribution in [0.15, 0.2) is 36.9 Å². The van der Waals surface area contributed by atoms with Crippen LogP contribution in [-0.2, 0) is 16.0 Å². The Bertz CT molecular complexity index is 598. The first-order chi connectivity index (χ1) is 11.5. The minimum Gasteiger partial charge on any atom is -0.351 e. The molecule has 0 bridgehead atoms. The maximum atomic E-state index is 12.4. The molecule has 1 heterocycles. The number of piperazine rings is 1. The van der Waals surface area contributed by atoms with E-state index >= 15 is 0 Å². The number of benzene rings is 1. The molecular weight excluding hydrogens is 326 g/mol. The highest BCUT2D eigenvalue weighted by Gasteiger charge is 2.27. The SMILES string of the molecule is C=CCNC(=O)[C@@H](C)N1CCN(C(=O)Cc2ccccc2Cl)CC1. The summed E-state index contributed by atoms with van der Waals surface area (Å²) in [7, 11) is 0. The summed E-state index contributed by atoms with van der Waals surface area (Å²) in [4.78, 5) is 28.4. The smallest absolute Gasteiger partial charge is 0.237 e. The standard InChI is InChI=1S/C18H24ClN3O2/c1-3-8-20-18(24)14(2)21-9-11-22(12-10-21)17(23)13-15-6-4-5-7-16(15)19/h3-7,14H,1,8-13H2,2H3,(H,20,24)/t14-/m1/s1. The van der Waals surface area contributed by atoms with Crippen molar-refractivity contribution in [3.8, 4) is 0 Å². The van der Waals surface area contributed by atoms with Crippen LogP contribution in [0.25, 0.3) is 0 Å². The van der Waals surface area contributed by atoms with Crippen LogP contribution in [0.5, 0.6) is 0 Å². The van der Waals surface area contributed by atoms with Crippen LogP contribution in [0.3, 0.4) is 0 Å². The molecule has 1 fully saturated rings. The summed E-state index contributed by atoms with van der Waals surface area (Å²) in [5, 5.41) is 3.43. The van der Waals surface area contributed by atoms with Gasteiger partial charge >= 0.3 is 0 Å².